The van der Waals surface area contributed by atoms with Crippen molar-refractivity contribution in [3.05, 3.63) is 99.5 Å². The molecule has 26 heavy (non-hydrogen) atoms. The lowest BCUT2D eigenvalue weighted by Crippen LogP contribution is -2.42. The average molecular weight is 383 g/mol. The van der Waals surface area contributed by atoms with Crippen LogP contribution in [0.15, 0.2) is 72.8 Å². The van der Waals surface area contributed by atoms with Crippen molar-refractivity contribution in [1.29, 1.82) is 0 Å². The number of anilines is 1. The fraction of sp³-hybridized carbons (Fsp3) is 0.0952. The number of para-hydroxylation sites is 1. The number of carbonyl (C=O) groups excluding carboxylic acids is 1. The molecule has 0 saturated heterocycles. The summed E-state index contributed by atoms with van der Waals surface area (Å²) in [6.07, 6.45) is -0.373. The van der Waals surface area contributed by atoms with Gasteiger partial charge in [0.15, 0.2) is 0 Å². The molecule has 3 aromatic carbocycles. The number of carbonyl (C=O) groups is 1. The van der Waals surface area contributed by atoms with E-state index < -0.39 is 0 Å². The quantitative estimate of drug-likeness (QED) is 0.624. The van der Waals surface area contributed by atoms with Crippen LogP contribution in [0.25, 0.3) is 0 Å². The lowest BCUT2D eigenvalue weighted by atomic mass is 10.0. The van der Waals surface area contributed by atoms with E-state index in [-0.39, 0.29) is 12.1 Å². The molecule has 0 fully saturated rings. The van der Waals surface area contributed by atoms with Gasteiger partial charge in [-0.25, -0.2) is 0 Å². The van der Waals surface area contributed by atoms with Crippen LogP contribution in [0.3, 0.4) is 0 Å². The summed E-state index contributed by atoms with van der Waals surface area (Å²) in [5, 5.41) is 4.55. The Morgan fingerprint density at radius 2 is 1.65 bits per heavy atom. The average Bonchev–Trinajstić information content (AvgIpc) is 2.65. The van der Waals surface area contributed by atoms with E-state index in [0.29, 0.717) is 22.2 Å². The number of nitrogens with one attached hydrogen (secondary N) is 1. The number of nitrogens with zero attached hydrogens (tertiary/aromatic N) is 1. The van der Waals surface area contributed by atoms with Crippen LogP contribution >= 0.6 is 23.2 Å². The first-order valence-electron chi connectivity index (χ1n) is 8.29. The van der Waals surface area contributed by atoms with Crippen LogP contribution in [-0.4, -0.2) is 10.8 Å². The highest BCUT2D eigenvalue weighted by Gasteiger charge is 2.33. The first kappa shape index (κ1) is 17.0. The van der Waals surface area contributed by atoms with Crippen molar-refractivity contribution in [1.82, 2.24) is 4.90 Å². The highest BCUT2D eigenvalue weighted by atomic mass is 35.5. The summed E-state index contributed by atoms with van der Waals surface area (Å²) in [5.74, 6) is -0.0285. The molecule has 1 N–H and O–H groups in total. The van der Waals surface area contributed by atoms with Crippen molar-refractivity contribution < 1.29 is 4.79 Å². The van der Waals surface area contributed by atoms with E-state index in [2.05, 4.69) is 5.32 Å². The van der Waals surface area contributed by atoms with Crippen LogP contribution in [0.1, 0.15) is 27.7 Å². The van der Waals surface area contributed by atoms with Gasteiger partial charge in [0, 0.05) is 27.8 Å². The number of benzene rings is 3. The summed E-state index contributed by atoms with van der Waals surface area (Å²) < 4.78 is 0. The Bertz CT molecular complexity index is 959. The van der Waals surface area contributed by atoms with Gasteiger partial charge in [-0.05, 0) is 29.8 Å². The number of hydrogen-bond donors (Lipinski definition) is 1. The van der Waals surface area contributed by atoms with Gasteiger partial charge in [-0.2, -0.15) is 0 Å². The van der Waals surface area contributed by atoms with E-state index in [0.717, 1.165) is 16.8 Å². The third-order valence-electron chi connectivity index (χ3n) is 4.48. The van der Waals surface area contributed by atoms with Gasteiger partial charge in [0.05, 0.1) is 5.56 Å². The predicted molar refractivity (Wildman–Crippen MR) is 106 cm³/mol. The van der Waals surface area contributed by atoms with E-state index in [1.165, 1.54) is 0 Å². The van der Waals surface area contributed by atoms with Gasteiger partial charge in [-0.15, -0.1) is 0 Å². The summed E-state index contributed by atoms with van der Waals surface area (Å²) in [4.78, 5) is 15.0. The lowest BCUT2D eigenvalue weighted by Gasteiger charge is -2.38. The molecule has 5 heteroatoms. The van der Waals surface area contributed by atoms with Crippen molar-refractivity contribution >= 4 is 34.8 Å². The maximum atomic E-state index is 13.2. The van der Waals surface area contributed by atoms with E-state index in [1.54, 1.807) is 17.0 Å². The minimum atomic E-state index is -0.373. The Balaban J connectivity index is 1.79. The third-order valence-corrected chi connectivity index (χ3v) is 5.04. The Hall–Kier alpha value is -2.49. The van der Waals surface area contributed by atoms with Crippen molar-refractivity contribution in [2.45, 2.75) is 12.7 Å². The van der Waals surface area contributed by atoms with Crippen molar-refractivity contribution in [2.75, 3.05) is 5.32 Å². The minimum Gasteiger partial charge on any atom is -0.361 e. The number of rotatable bonds is 3. The van der Waals surface area contributed by atoms with Crippen molar-refractivity contribution in [3.63, 3.8) is 0 Å². The zero-order valence-corrected chi connectivity index (χ0v) is 15.3. The molecule has 1 aliphatic rings. The lowest BCUT2D eigenvalue weighted by molar-refractivity contribution is 0.0666. The van der Waals surface area contributed by atoms with E-state index in [4.69, 9.17) is 23.2 Å². The zero-order chi connectivity index (χ0) is 18.1. The first-order valence-corrected chi connectivity index (χ1v) is 9.04. The van der Waals surface area contributed by atoms with E-state index >= 15 is 0 Å². The molecule has 0 aromatic heterocycles. The van der Waals surface area contributed by atoms with Crippen LogP contribution in [0.5, 0.6) is 0 Å². The number of amides is 1. The van der Waals surface area contributed by atoms with Gasteiger partial charge in [0.2, 0.25) is 0 Å². The molecule has 0 spiro atoms. The molecule has 130 valence electrons. The van der Waals surface area contributed by atoms with Crippen LogP contribution in [0, 0.1) is 0 Å². The van der Waals surface area contributed by atoms with Crippen molar-refractivity contribution in [3.8, 4) is 0 Å². The maximum Gasteiger partial charge on any atom is 0.258 e. The topological polar surface area (TPSA) is 32.3 Å². The summed E-state index contributed by atoms with van der Waals surface area (Å²) in [6, 6.07) is 22.8. The van der Waals surface area contributed by atoms with E-state index in [9.17, 15) is 4.79 Å². The molecule has 0 unspecified atom stereocenters. The van der Waals surface area contributed by atoms with Gasteiger partial charge in [-0.3, -0.25) is 4.79 Å². The number of halogens is 2. The molecule has 1 aliphatic heterocycles. The van der Waals surface area contributed by atoms with Crippen molar-refractivity contribution in [2.24, 2.45) is 0 Å². The maximum absolute atomic E-state index is 13.2. The fourth-order valence-corrected chi connectivity index (χ4v) is 3.72. The Labute approximate surface area is 162 Å². The number of fused-ring (bicyclic) bond motifs is 1. The van der Waals surface area contributed by atoms with Gasteiger partial charge in [-0.1, -0.05) is 71.7 Å². The molecule has 1 heterocycles. The molecule has 0 radical (unpaired) electrons. The second kappa shape index (κ2) is 7.02. The van der Waals surface area contributed by atoms with Gasteiger partial charge in [0.25, 0.3) is 5.91 Å². The Morgan fingerprint density at radius 1 is 0.923 bits per heavy atom. The normalized spacial score (nSPS) is 16.2. The van der Waals surface area contributed by atoms with Crippen LogP contribution in [-0.2, 0) is 6.54 Å². The highest BCUT2D eigenvalue weighted by Crippen LogP contribution is 2.37. The predicted octanol–water partition coefficient (Wildman–Crippen LogP) is 5.76. The number of hydrogen-bond acceptors (Lipinski definition) is 2. The minimum absolute atomic E-state index is 0.0285. The van der Waals surface area contributed by atoms with Crippen LogP contribution in [0.4, 0.5) is 5.69 Å². The van der Waals surface area contributed by atoms with Crippen LogP contribution < -0.4 is 5.32 Å². The SMILES string of the molecule is O=C1c2ccccc2N[C@@H](c2ccc(Cl)cc2Cl)N1Cc1ccccc1. The second-order valence-corrected chi connectivity index (χ2v) is 7.02. The smallest absolute Gasteiger partial charge is 0.258 e. The Morgan fingerprint density at radius 3 is 2.42 bits per heavy atom. The van der Waals surface area contributed by atoms with Gasteiger partial charge >= 0.3 is 0 Å². The molecule has 3 nitrogen and oxygen atoms in total. The second-order valence-electron chi connectivity index (χ2n) is 6.18. The summed E-state index contributed by atoms with van der Waals surface area (Å²) in [5.41, 5.74) is 3.33. The van der Waals surface area contributed by atoms with Gasteiger partial charge < -0.3 is 10.2 Å². The molecular weight excluding hydrogens is 367 g/mol. The summed E-state index contributed by atoms with van der Waals surface area (Å²) >= 11 is 12.5. The monoisotopic (exact) mass is 382 g/mol. The molecule has 0 bridgehead atoms. The third kappa shape index (κ3) is 3.16. The molecule has 4 rings (SSSR count). The zero-order valence-electron chi connectivity index (χ0n) is 13.8. The summed E-state index contributed by atoms with van der Waals surface area (Å²) in [6.45, 7) is 0.477. The molecule has 3 aromatic rings. The molecular formula is C21H16Cl2N2O. The Kier molecular flexibility index (Phi) is 4.58. The van der Waals surface area contributed by atoms with E-state index in [1.807, 2.05) is 60.7 Å². The summed E-state index contributed by atoms with van der Waals surface area (Å²) in [7, 11) is 0. The molecule has 1 amide bonds. The van der Waals surface area contributed by atoms with Gasteiger partial charge in [0.1, 0.15) is 6.17 Å². The molecule has 0 aliphatic carbocycles. The standard InChI is InChI=1S/C21H16Cl2N2O/c22-15-10-11-16(18(23)12-15)20-24-19-9-5-4-8-17(19)21(26)25(20)13-14-6-2-1-3-7-14/h1-12,20,24H,13H2/t20-/m1/s1. The largest absolute Gasteiger partial charge is 0.361 e. The first-order chi connectivity index (χ1) is 12.6. The van der Waals surface area contributed by atoms with Crippen LogP contribution in [0.2, 0.25) is 10.0 Å². The fourth-order valence-electron chi connectivity index (χ4n) is 3.20. The molecule has 0 saturated carbocycles. The highest BCUT2D eigenvalue weighted by molar-refractivity contribution is 6.35. The molecule has 1 atom stereocenters.